The van der Waals surface area contributed by atoms with Crippen LogP contribution in [0, 0.1) is 6.92 Å². The second kappa shape index (κ2) is 4.14. The average Bonchev–Trinajstić information content (AvgIpc) is 2.29. The van der Waals surface area contributed by atoms with Crippen molar-refractivity contribution in [1.29, 1.82) is 0 Å². The summed E-state index contributed by atoms with van der Waals surface area (Å²) in [7, 11) is 0. The quantitative estimate of drug-likeness (QED) is 0.793. The molecule has 2 N–H and O–H groups in total. The molecule has 0 aliphatic heterocycles. The lowest BCUT2D eigenvalue weighted by Crippen LogP contribution is -2.03. The first-order chi connectivity index (χ1) is 7.29. The van der Waals surface area contributed by atoms with Gasteiger partial charge in [-0.2, -0.15) is 0 Å². The number of nitrogens with zero attached hydrogens (tertiary/aromatic N) is 3. The molecule has 0 unspecified atom stereocenters. The van der Waals surface area contributed by atoms with E-state index >= 15 is 0 Å². The van der Waals surface area contributed by atoms with E-state index in [2.05, 4.69) is 15.0 Å². The van der Waals surface area contributed by atoms with Crippen LogP contribution in [-0.2, 0) is 6.54 Å². The number of hydrogen-bond donors (Lipinski definition) is 1. The van der Waals surface area contributed by atoms with Gasteiger partial charge in [0.25, 0.3) is 0 Å². The van der Waals surface area contributed by atoms with Gasteiger partial charge >= 0.3 is 0 Å². The predicted molar refractivity (Wildman–Crippen MR) is 57.9 cm³/mol. The van der Waals surface area contributed by atoms with Crippen molar-refractivity contribution >= 4 is 0 Å². The molecule has 0 bridgehead atoms. The molecular formula is C11H12N4. The lowest BCUT2D eigenvalue weighted by Gasteiger charge is -2.03. The summed E-state index contributed by atoms with van der Waals surface area (Å²) in [5, 5.41) is 0. The molecule has 4 nitrogen and oxygen atoms in total. The van der Waals surface area contributed by atoms with E-state index in [1.54, 1.807) is 12.4 Å². The molecule has 2 aromatic rings. The Hall–Kier alpha value is -1.81. The Labute approximate surface area is 88.2 Å². The highest BCUT2D eigenvalue weighted by atomic mass is 14.9. The first-order valence-electron chi connectivity index (χ1n) is 4.74. The van der Waals surface area contributed by atoms with Gasteiger partial charge in [-0.05, 0) is 25.1 Å². The molecule has 76 valence electrons. The Kier molecular flexibility index (Phi) is 2.69. The number of rotatable bonds is 2. The topological polar surface area (TPSA) is 64.7 Å². The molecule has 0 spiro atoms. The van der Waals surface area contributed by atoms with Crippen molar-refractivity contribution < 1.29 is 0 Å². The van der Waals surface area contributed by atoms with E-state index in [1.165, 1.54) is 0 Å². The molecule has 0 saturated heterocycles. The standard InChI is InChI=1S/C11H12N4/c1-8-14-10(6-12)5-11(15-8)9-3-2-4-13-7-9/h2-5,7H,6,12H2,1H3. The summed E-state index contributed by atoms with van der Waals surface area (Å²) in [5.74, 6) is 0.733. The zero-order valence-electron chi connectivity index (χ0n) is 8.51. The lowest BCUT2D eigenvalue weighted by molar-refractivity contribution is 0.929. The van der Waals surface area contributed by atoms with Crippen molar-refractivity contribution in [3.8, 4) is 11.3 Å². The summed E-state index contributed by atoms with van der Waals surface area (Å²) in [5.41, 5.74) is 8.26. The van der Waals surface area contributed by atoms with Crippen molar-refractivity contribution in [1.82, 2.24) is 15.0 Å². The monoisotopic (exact) mass is 200 g/mol. The fourth-order valence-electron chi connectivity index (χ4n) is 1.40. The molecule has 15 heavy (non-hydrogen) atoms. The van der Waals surface area contributed by atoms with E-state index in [0.29, 0.717) is 6.54 Å². The molecule has 0 atom stereocenters. The highest BCUT2D eigenvalue weighted by Crippen LogP contribution is 2.15. The molecule has 0 aliphatic rings. The van der Waals surface area contributed by atoms with Crippen LogP contribution in [0.1, 0.15) is 11.5 Å². The van der Waals surface area contributed by atoms with Gasteiger partial charge in [-0.3, -0.25) is 4.98 Å². The van der Waals surface area contributed by atoms with E-state index < -0.39 is 0 Å². The zero-order valence-corrected chi connectivity index (χ0v) is 8.51. The molecule has 0 radical (unpaired) electrons. The van der Waals surface area contributed by atoms with Crippen molar-refractivity contribution in [2.75, 3.05) is 0 Å². The van der Waals surface area contributed by atoms with Crippen LogP contribution in [0.2, 0.25) is 0 Å². The highest BCUT2D eigenvalue weighted by molar-refractivity contribution is 5.57. The summed E-state index contributed by atoms with van der Waals surface area (Å²) >= 11 is 0. The minimum Gasteiger partial charge on any atom is -0.325 e. The third kappa shape index (κ3) is 2.16. The van der Waals surface area contributed by atoms with Gasteiger partial charge in [-0.15, -0.1) is 0 Å². The molecule has 0 fully saturated rings. The van der Waals surface area contributed by atoms with E-state index in [4.69, 9.17) is 5.73 Å². The SMILES string of the molecule is Cc1nc(CN)cc(-c2cccnc2)n1. The molecule has 4 heteroatoms. The summed E-state index contributed by atoms with van der Waals surface area (Å²) in [6.45, 7) is 2.29. The molecule has 0 amide bonds. The van der Waals surface area contributed by atoms with Crippen molar-refractivity contribution in [3.05, 3.63) is 42.1 Å². The summed E-state index contributed by atoms with van der Waals surface area (Å²) in [6, 6.07) is 5.74. The molecule has 0 saturated carbocycles. The fourth-order valence-corrected chi connectivity index (χ4v) is 1.40. The van der Waals surface area contributed by atoms with Crippen molar-refractivity contribution in [2.45, 2.75) is 13.5 Å². The second-order valence-electron chi connectivity index (χ2n) is 3.24. The largest absolute Gasteiger partial charge is 0.325 e. The van der Waals surface area contributed by atoms with E-state index in [9.17, 15) is 0 Å². The van der Waals surface area contributed by atoms with Gasteiger partial charge in [0.1, 0.15) is 5.82 Å². The van der Waals surface area contributed by atoms with Gasteiger partial charge in [0.2, 0.25) is 0 Å². The molecular weight excluding hydrogens is 188 g/mol. The first kappa shape index (κ1) is 9.73. The van der Waals surface area contributed by atoms with Crippen LogP contribution in [0.5, 0.6) is 0 Å². The Morgan fingerprint density at radius 2 is 2.20 bits per heavy atom. The predicted octanol–water partition coefficient (Wildman–Crippen LogP) is 1.31. The van der Waals surface area contributed by atoms with Gasteiger partial charge in [0.15, 0.2) is 0 Å². The maximum Gasteiger partial charge on any atom is 0.126 e. The van der Waals surface area contributed by atoms with E-state index in [1.807, 2.05) is 25.1 Å². The Morgan fingerprint density at radius 3 is 2.87 bits per heavy atom. The number of pyridine rings is 1. The molecule has 0 aromatic carbocycles. The number of hydrogen-bond acceptors (Lipinski definition) is 4. The minimum absolute atomic E-state index is 0.427. The fraction of sp³-hybridized carbons (Fsp3) is 0.182. The number of nitrogens with two attached hydrogens (primary N) is 1. The summed E-state index contributed by atoms with van der Waals surface area (Å²) < 4.78 is 0. The molecule has 0 aliphatic carbocycles. The average molecular weight is 200 g/mol. The van der Waals surface area contributed by atoms with E-state index in [-0.39, 0.29) is 0 Å². The second-order valence-corrected chi connectivity index (χ2v) is 3.24. The molecule has 2 heterocycles. The van der Waals surface area contributed by atoms with Crippen molar-refractivity contribution in [2.24, 2.45) is 5.73 Å². The third-order valence-electron chi connectivity index (χ3n) is 2.06. The van der Waals surface area contributed by atoms with Crippen LogP contribution in [0.3, 0.4) is 0 Å². The van der Waals surface area contributed by atoms with Crippen LogP contribution in [0.15, 0.2) is 30.6 Å². The lowest BCUT2D eigenvalue weighted by atomic mass is 10.2. The summed E-state index contributed by atoms with van der Waals surface area (Å²) in [6.07, 6.45) is 3.52. The molecule has 2 rings (SSSR count). The van der Waals surface area contributed by atoms with Gasteiger partial charge in [0, 0.05) is 24.5 Å². The van der Waals surface area contributed by atoms with Gasteiger partial charge in [0.05, 0.1) is 11.4 Å². The summed E-state index contributed by atoms with van der Waals surface area (Å²) in [4.78, 5) is 12.6. The Morgan fingerprint density at radius 1 is 1.33 bits per heavy atom. The first-order valence-corrected chi connectivity index (χ1v) is 4.74. The van der Waals surface area contributed by atoms with Crippen LogP contribution in [0.4, 0.5) is 0 Å². The van der Waals surface area contributed by atoms with Crippen LogP contribution >= 0.6 is 0 Å². The van der Waals surface area contributed by atoms with Gasteiger partial charge in [-0.1, -0.05) is 0 Å². The van der Waals surface area contributed by atoms with Crippen LogP contribution in [0.25, 0.3) is 11.3 Å². The maximum absolute atomic E-state index is 5.56. The third-order valence-corrected chi connectivity index (χ3v) is 2.06. The smallest absolute Gasteiger partial charge is 0.126 e. The van der Waals surface area contributed by atoms with Crippen LogP contribution < -0.4 is 5.73 Å². The minimum atomic E-state index is 0.427. The number of aromatic nitrogens is 3. The van der Waals surface area contributed by atoms with Gasteiger partial charge in [-0.25, -0.2) is 9.97 Å². The number of aryl methyl sites for hydroxylation is 1. The zero-order chi connectivity index (χ0) is 10.7. The van der Waals surface area contributed by atoms with Crippen molar-refractivity contribution in [3.63, 3.8) is 0 Å². The Bertz CT molecular complexity index is 453. The van der Waals surface area contributed by atoms with E-state index in [0.717, 1.165) is 22.8 Å². The van der Waals surface area contributed by atoms with Gasteiger partial charge < -0.3 is 5.73 Å². The maximum atomic E-state index is 5.56. The normalized spacial score (nSPS) is 10.3. The van der Waals surface area contributed by atoms with Crippen LogP contribution in [-0.4, -0.2) is 15.0 Å². The molecule has 2 aromatic heterocycles. The highest BCUT2D eigenvalue weighted by Gasteiger charge is 2.02. The Balaban J connectivity index is 2.49.